The van der Waals surface area contributed by atoms with Crippen LogP contribution in [0.3, 0.4) is 0 Å². The predicted octanol–water partition coefficient (Wildman–Crippen LogP) is 3.18. The second-order valence-electron chi connectivity index (χ2n) is 6.15. The number of anilines is 1. The monoisotopic (exact) mass is 404 g/mol. The summed E-state index contributed by atoms with van der Waals surface area (Å²) in [5.74, 6) is 0. The maximum Gasteiger partial charge on any atom is 0.319 e. The first-order valence-electron chi connectivity index (χ1n) is 8.20. The summed E-state index contributed by atoms with van der Waals surface area (Å²) in [6.45, 7) is 2.09. The zero-order valence-corrected chi connectivity index (χ0v) is 16.8. The van der Waals surface area contributed by atoms with Gasteiger partial charge in [0.05, 0.1) is 21.7 Å². The molecule has 142 valence electrons. The Morgan fingerprint density at radius 2 is 1.93 bits per heavy atom. The van der Waals surface area contributed by atoms with Crippen molar-refractivity contribution in [2.24, 2.45) is 0 Å². The molecule has 7 nitrogen and oxygen atoms in total. The normalized spacial score (nSPS) is 11.7. The van der Waals surface area contributed by atoms with Gasteiger partial charge in [-0.2, -0.15) is 0 Å². The average molecular weight is 405 g/mol. The first-order valence-corrected chi connectivity index (χ1v) is 10.5. The van der Waals surface area contributed by atoms with Gasteiger partial charge in [0.25, 0.3) is 0 Å². The van der Waals surface area contributed by atoms with Gasteiger partial charge in [-0.1, -0.05) is 18.2 Å². The third-order valence-electron chi connectivity index (χ3n) is 3.97. The van der Waals surface area contributed by atoms with E-state index in [-0.39, 0.29) is 4.90 Å². The van der Waals surface area contributed by atoms with E-state index < -0.39 is 16.1 Å². The second kappa shape index (κ2) is 7.63. The zero-order chi connectivity index (χ0) is 19.6. The largest absolute Gasteiger partial charge is 0.331 e. The molecule has 0 atom stereocenters. The molecule has 2 amide bonds. The number of aryl methyl sites for hydroxylation is 1. The van der Waals surface area contributed by atoms with Crippen molar-refractivity contribution < 1.29 is 13.2 Å². The minimum absolute atomic E-state index is 0.125. The van der Waals surface area contributed by atoms with E-state index in [9.17, 15) is 13.2 Å². The lowest BCUT2D eigenvalue weighted by atomic mass is 10.2. The molecule has 0 aliphatic heterocycles. The number of para-hydroxylation sites is 1. The van der Waals surface area contributed by atoms with Gasteiger partial charge in [0.2, 0.25) is 10.0 Å². The molecule has 2 N–H and O–H groups in total. The van der Waals surface area contributed by atoms with E-state index in [4.69, 9.17) is 0 Å². The highest BCUT2D eigenvalue weighted by molar-refractivity contribution is 7.89. The Morgan fingerprint density at radius 1 is 1.19 bits per heavy atom. The summed E-state index contributed by atoms with van der Waals surface area (Å²) in [7, 11) is -0.638. The molecule has 0 bridgehead atoms. The maximum atomic E-state index is 12.3. The number of nitrogens with one attached hydrogen (secondary N) is 2. The number of hydrogen-bond donors (Lipinski definition) is 2. The van der Waals surface area contributed by atoms with Gasteiger partial charge in [-0.15, -0.1) is 11.3 Å². The Balaban J connectivity index is 1.70. The lowest BCUT2D eigenvalue weighted by molar-refractivity contribution is 0.251. The van der Waals surface area contributed by atoms with Crippen LogP contribution >= 0.6 is 11.3 Å². The van der Waals surface area contributed by atoms with Crippen molar-refractivity contribution in [2.45, 2.75) is 18.4 Å². The molecular formula is C18H20N4O3S2. The number of aromatic nitrogens is 1. The minimum atomic E-state index is -3.57. The summed E-state index contributed by atoms with van der Waals surface area (Å²) in [6, 6.07) is 12.0. The number of thiazole rings is 1. The first kappa shape index (κ1) is 19.3. The molecular weight excluding hydrogens is 384 g/mol. The number of urea groups is 1. The molecule has 2 aromatic carbocycles. The summed E-state index contributed by atoms with van der Waals surface area (Å²) < 4.78 is 26.7. The summed E-state index contributed by atoms with van der Waals surface area (Å²) in [4.78, 5) is 16.8. The highest BCUT2D eigenvalue weighted by Gasteiger charge is 2.18. The van der Waals surface area contributed by atoms with Crippen LogP contribution in [0.1, 0.15) is 10.6 Å². The number of rotatable bonds is 5. The molecule has 0 aliphatic rings. The summed E-state index contributed by atoms with van der Waals surface area (Å²) in [6.07, 6.45) is 0. The van der Waals surface area contributed by atoms with Gasteiger partial charge in [0.1, 0.15) is 5.01 Å². The molecule has 1 heterocycles. The fraction of sp³-hybridized carbons (Fsp3) is 0.222. The van der Waals surface area contributed by atoms with Crippen LogP contribution in [0.25, 0.3) is 10.2 Å². The molecule has 0 unspecified atom stereocenters. The number of carbonyl (C=O) groups excluding carboxylic acids is 1. The lowest BCUT2D eigenvalue weighted by Gasteiger charge is -2.14. The summed E-state index contributed by atoms with van der Waals surface area (Å²) >= 11 is 1.52. The minimum Gasteiger partial charge on any atom is -0.331 e. The van der Waals surface area contributed by atoms with E-state index >= 15 is 0 Å². The molecule has 3 aromatic rings. The van der Waals surface area contributed by atoms with E-state index in [1.165, 1.54) is 37.6 Å². The molecule has 0 radical (unpaired) electrons. The number of nitrogens with zero attached hydrogens (tertiary/aromatic N) is 2. The number of sulfonamides is 1. The van der Waals surface area contributed by atoms with Crippen LogP contribution in [0.15, 0.2) is 47.4 Å². The van der Waals surface area contributed by atoms with Crippen molar-refractivity contribution >= 4 is 43.3 Å². The Bertz CT molecular complexity index is 1060. The predicted molar refractivity (Wildman–Crippen MR) is 108 cm³/mol. The molecule has 3 rings (SSSR count). The van der Waals surface area contributed by atoms with E-state index in [0.29, 0.717) is 12.2 Å². The van der Waals surface area contributed by atoms with E-state index in [1.807, 2.05) is 24.3 Å². The Hall–Kier alpha value is -2.49. The van der Waals surface area contributed by atoms with Crippen LogP contribution in [0.2, 0.25) is 0 Å². The van der Waals surface area contributed by atoms with Crippen molar-refractivity contribution in [3.63, 3.8) is 0 Å². The Morgan fingerprint density at radius 3 is 2.63 bits per heavy atom. The number of hydrogen-bond acceptors (Lipinski definition) is 5. The third-order valence-corrected chi connectivity index (χ3v) is 6.82. The van der Waals surface area contributed by atoms with Gasteiger partial charge >= 0.3 is 6.03 Å². The van der Waals surface area contributed by atoms with Crippen LogP contribution in [0, 0.1) is 6.92 Å². The number of benzene rings is 2. The quantitative estimate of drug-likeness (QED) is 0.683. The third kappa shape index (κ3) is 4.26. The van der Waals surface area contributed by atoms with Crippen LogP contribution in [0.4, 0.5) is 10.5 Å². The Kier molecular flexibility index (Phi) is 5.45. The number of carbonyl (C=O) groups is 1. The fourth-order valence-corrected chi connectivity index (χ4v) is 4.26. The standard InChI is InChI=1S/C18H20N4O3S2/c1-12-8-9-13(27(24,25)22(2)3)10-15(12)21-18(23)19-11-17-20-14-6-4-5-7-16(14)26-17/h4-10H,11H2,1-3H3,(H2,19,21,23). The van der Waals surface area contributed by atoms with Crippen molar-refractivity contribution in [1.82, 2.24) is 14.6 Å². The van der Waals surface area contributed by atoms with E-state index in [0.717, 1.165) is 25.1 Å². The second-order valence-corrected chi connectivity index (χ2v) is 9.41. The molecule has 0 saturated heterocycles. The lowest BCUT2D eigenvalue weighted by Crippen LogP contribution is -2.28. The van der Waals surface area contributed by atoms with Crippen LogP contribution in [-0.2, 0) is 16.6 Å². The van der Waals surface area contributed by atoms with Crippen molar-refractivity contribution in [3.8, 4) is 0 Å². The SMILES string of the molecule is Cc1ccc(S(=O)(=O)N(C)C)cc1NC(=O)NCc1nc2ccccc2s1. The number of fused-ring (bicyclic) bond motifs is 1. The average Bonchev–Trinajstić information content (AvgIpc) is 3.04. The molecule has 9 heteroatoms. The van der Waals surface area contributed by atoms with E-state index in [2.05, 4.69) is 15.6 Å². The number of amides is 2. The summed E-state index contributed by atoms with van der Waals surface area (Å²) in [5.41, 5.74) is 2.11. The van der Waals surface area contributed by atoms with Gasteiger partial charge in [0.15, 0.2) is 0 Å². The van der Waals surface area contributed by atoms with Gasteiger partial charge in [0, 0.05) is 19.8 Å². The van der Waals surface area contributed by atoms with E-state index in [1.54, 1.807) is 13.0 Å². The maximum absolute atomic E-state index is 12.3. The van der Waals surface area contributed by atoms with Gasteiger partial charge in [-0.25, -0.2) is 22.5 Å². The molecule has 0 aliphatic carbocycles. The van der Waals surface area contributed by atoms with Gasteiger partial charge < -0.3 is 10.6 Å². The van der Waals surface area contributed by atoms with Crippen molar-refractivity contribution in [3.05, 3.63) is 53.0 Å². The van der Waals surface area contributed by atoms with Gasteiger partial charge in [-0.05, 0) is 36.8 Å². The van der Waals surface area contributed by atoms with Crippen LogP contribution in [-0.4, -0.2) is 37.8 Å². The highest BCUT2D eigenvalue weighted by atomic mass is 32.2. The highest BCUT2D eigenvalue weighted by Crippen LogP contribution is 2.23. The molecule has 0 spiro atoms. The first-order chi connectivity index (χ1) is 12.8. The fourth-order valence-electron chi connectivity index (χ4n) is 2.42. The van der Waals surface area contributed by atoms with Crippen molar-refractivity contribution in [2.75, 3.05) is 19.4 Å². The molecule has 1 aromatic heterocycles. The molecule has 27 heavy (non-hydrogen) atoms. The van der Waals surface area contributed by atoms with Crippen LogP contribution < -0.4 is 10.6 Å². The molecule has 0 saturated carbocycles. The van der Waals surface area contributed by atoms with Crippen LogP contribution in [0.5, 0.6) is 0 Å². The Labute approximate surface area is 162 Å². The zero-order valence-electron chi connectivity index (χ0n) is 15.2. The molecule has 0 fully saturated rings. The summed E-state index contributed by atoms with van der Waals surface area (Å²) in [5, 5.41) is 6.26. The van der Waals surface area contributed by atoms with Gasteiger partial charge in [-0.3, -0.25) is 0 Å². The van der Waals surface area contributed by atoms with Crippen molar-refractivity contribution in [1.29, 1.82) is 0 Å². The smallest absolute Gasteiger partial charge is 0.319 e. The topological polar surface area (TPSA) is 91.4 Å².